The highest BCUT2D eigenvalue weighted by Crippen LogP contribution is 2.29. The molecule has 0 bridgehead atoms. The fraction of sp³-hybridized carbons (Fsp3) is 0.318. The molecule has 1 amide bonds. The summed E-state index contributed by atoms with van der Waals surface area (Å²) < 4.78 is 10.2. The van der Waals surface area contributed by atoms with Gasteiger partial charge < -0.3 is 14.4 Å². The van der Waals surface area contributed by atoms with Crippen LogP contribution in [-0.2, 0) is 20.7 Å². The number of anilines is 1. The molecule has 152 valence electrons. The minimum Gasteiger partial charge on any atom is -0.495 e. The number of para-hydroxylation sites is 1. The first kappa shape index (κ1) is 20.9. The van der Waals surface area contributed by atoms with Gasteiger partial charge in [-0.05, 0) is 36.2 Å². The zero-order chi connectivity index (χ0) is 21.0. The maximum Gasteiger partial charge on any atom is 0.311 e. The fourth-order valence-corrected chi connectivity index (χ4v) is 3.61. The van der Waals surface area contributed by atoms with E-state index in [1.165, 1.54) is 13.2 Å². The Morgan fingerprint density at radius 3 is 2.66 bits per heavy atom. The Kier molecular flexibility index (Phi) is 6.54. The molecule has 3 rings (SSSR count). The van der Waals surface area contributed by atoms with Gasteiger partial charge in [0.1, 0.15) is 5.75 Å². The molecule has 1 aliphatic heterocycles. The SMILES string of the molecule is CCc1ccccc1N1C[C@@H](C(=O)OCC(=O)c2ccc(OC)c(Cl)c2)CC1=O. The van der Waals surface area contributed by atoms with Gasteiger partial charge >= 0.3 is 5.97 Å². The number of nitrogens with zero attached hydrogens (tertiary/aromatic N) is 1. The number of carbonyl (C=O) groups is 3. The molecule has 0 unspecified atom stereocenters. The quantitative estimate of drug-likeness (QED) is 0.509. The number of carbonyl (C=O) groups excluding carboxylic acids is 3. The van der Waals surface area contributed by atoms with E-state index in [4.69, 9.17) is 21.1 Å². The van der Waals surface area contributed by atoms with E-state index in [2.05, 4.69) is 0 Å². The Morgan fingerprint density at radius 1 is 1.21 bits per heavy atom. The zero-order valence-corrected chi connectivity index (χ0v) is 17.1. The number of methoxy groups -OCH3 is 1. The lowest BCUT2D eigenvalue weighted by atomic mass is 10.1. The van der Waals surface area contributed by atoms with Crippen LogP contribution in [0.4, 0.5) is 5.69 Å². The molecule has 0 spiro atoms. The van der Waals surface area contributed by atoms with E-state index < -0.39 is 18.5 Å². The number of Topliss-reactive ketones (excluding diaryl/α,β-unsaturated/α-hetero) is 1. The lowest BCUT2D eigenvalue weighted by molar-refractivity contribution is -0.147. The van der Waals surface area contributed by atoms with E-state index in [-0.39, 0.29) is 24.7 Å². The molecular formula is C22H22ClNO5. The number of ketones is 1. The summed E-state index contributed by atoms with van der Waals surface area (Å²) in [5, 5.41) is 0.302. The van der Waals surface area contributed by atoms with Gasteiger partial charge in [-0.3, -0.25) is 14.4 Å². The molecule has 2 aromatic carbocycles. The van der Waals surface area contributed by atoms with Crippen LogP contribution in [0.25, 0.3) is 0 Å². The summed E-state index contributed by atoms with van der Waals surface area (Å²) in [6.45, 7) is 1.86. The second-order valence-corrected chi connectivity index (χ2v) is 7.18. The summed E-state index contributed by atoms with van der Waals surface area (Å²) in [6.07, 6.45) is 0.855. The van der Waals surface area contributed by atoms with Crippen molar-refractivity contribution in [1.29, 1.82) is 0 Å². The van der Waals surface area contributed by atoms with Crippen molar-refractivity contribution in [3.05, 3.63) is 58.6 Å². The third-order valence-electron chi connectivity index (χ3n) is 4.94. The molecule has 0 radical (unpaired) electrons. The predicted octanol–water partition coefficient (Wildman–Crippen LogP) is 3.69. The molecule has 1 heterocycles. The van der Waals surface area contributed by atoms with Gasteiger partial charge in [0.25, 0.3) is 0 Å². The number of esters is 1. The first-order chi connectivity index (χ1) is 13.9. The normalized spacial score (nSPS) is 16.0. The molecule has 0 aliphatic carbocycles. The largest absolute Gasteiger partial charge is 0.495 e. The molecular weight excluding hydrogens is 394 g/mol. The first-order valence-corrected chi connectivity index (χ1v) is 9.74. The van der Waals surface area contributed by atoms with Gasteiger partial charge in [-0.1, -0.05) is 36.7 Å². The summed E-state index contributed by atoms with van der Waals surface area (Å²) in [5.74, 6) is -1.19. The molecule has 1 atom stereocenters. The lowest BCUT2D eigenvalue weighted by Gasteiger charge is -2.19. The summed E-state index contributed by atoms with van der Waals surface area (Å²) in [6, 6.07) is 12.2. The van der Waals surface area contributed by atoms with Gasteiger partial charge in [0.15, 0.2) is 12.4 Å². The number of rotatable bonds is 7. The van der Waals surface area contributed by atoms with Crippen LogP contribution in [0.5, 0.6) is 5.75 Å². The van der Waals surface area contributed by atoms with E-state index in [0.29, 0.717) is 16.3 Å². The minimum absolute atomic E-state index is 0.0689. The number of halogens is 1. The van der Waals surface area contributed by atoms with Crippen molar-refractivity contribution in [2.75, 3.05) is 25.2 Å². The van der Waals surface area contributed by atoms with Gasteiger partial charge in [-0.2, -0.15) is 0 Å². The van der Waals surface area contributed by atoms with Crippen LogP contribution in [-0.4, -0.2) is 37.9 Å². The van der Waals surface area contributed by atoms with E-state index in [1.807, 2.05) is 31.2 Å². The van der Waals surface area contributed by atoms with Crippen molar-refractivity contribution in [2.45, 2.75) is 19.8 Å². The number of amides is 1. The number of hydrogen-bond acceptors (Lipinski definition) is 5. The average molecular weight is 416 g/mol. The van der Waals surface area contributed by atoms with Crippen LogP contribution < -0.4 is 9.64 Å². The summed E-state index contributed by atoms with van der Waals surface area (Å²) >= 11 is 6.03. The fourth-order valence-electron chi connectivity index (χ4n) is 3.35. The maximum absolute atomic E-state index is 12.4. The van der Waals surface area contributed by atoms with Crippen molar-refractivity contribution in [3.63, 3.8) is 0 Å². The molecule has 7 heteroatoms. The van der Waals surface area contributed by atoms with Gasteiger partial charge in [0.05, 0.1) is 18.1 Å². The number of ether oxygens (including phenoxy) is 2. The number of aryl methyl sites for hydroxylation is 1. The van der Waals surface area contributed by atoms with Crippen molar-refractivity contribution in [3.8, 4) is 5.75 Å². The van der Waals surface area contributed by atoms with Crippen LogP contribution in [0.2, 0.25) is 5.02 Å². The standard InChI is InChI=1S/C22H22ClNO5/c1-3-14-6-4-5-7-18(14)24-12-16(11-21(24)26)22(27)29-13-19(25)15-8-9-20(28-2)17(23)10-15/h4-10,16H,3,11-13H2,1-2H3/t16-/m0/s1. The molecule has 2 aromatic rings. The zero-order valence-electron chi connectivity index (χ0n) is 16.3. The number of hydrogen-bond donors (Lipinski definition) is 0. The van der Waals surface area contributed by atoms with Crippen LogP contribution in [0.15, 0.2) is 42.5 Å². The van der Waals surface area contributed by atoms with Crippen LogP contribution >= 0.6 is 11.6 Å². The number of benzene rings is 2. The Labute approximate surface area is 174 Å². The highest BCUT2D eigenvalue weighted by molar-refractivity contribution is 6.32. The molecule has 0 aromatic heterocycles. The minimum atomic E-state index is -0.598. The first-order valence-electron chi connectivity index (χ1n) is 9.36. The monoisotopic (exact) mass is 415 g/mol. The van der Waals surface area contributed by atoms with Crippen molar-refractivity contribution < 1.29 is 23.9 Å². The van der Waals surface area contributed by atoms with Gasteiger partial charge in [0.2, 0.25) is 5.91 Å². The van der Waals surface area contributed by atoms with E-state index in [1.54, 1.807) is 17.0 Å². The predicted molar refractivity (Wildman–Crippen MR) is 110 cm³/mol. The Hall–Kier alpha value is -2.86. The van der Waals surface area contributed by atoms with Gasteiger partial charge in [0, 0.05) is 24.2 Å². The van der Waals surface area contributed by atoms with Crippen LogP contribution in [0, 0.1) is 5.92 Å². The van der Waals surface area contributed by atoms with Crippen LogP contribution in [0.3, 0.4) is 0 Å². The summed E-state index contributed by atoms with van der Waals surface area (Å²) in [7, 11) is 1.48. The highest BCUT2D eigenvalue weighted by atomic mass is 35.5. The van der Waals surface area contributed by atoms with E-state index in [0.717, 1.165) is 17.7 Å². The lowest BCUT2D eigenvalue weighted by Crippen LogP contribution is -2.28. The average Bonchev–Trinajstić information content (AvgIpc) is 3.13. The molecule has 29 heavy (non-hydrogen) atoms. The van der Waals surface area contributed by atoms with Crippen molar-refractivity contribution in [2.24, 2.45) is 5.92 Å². The third-order valence-corrected chi connectivity index (χ3v) is 5.24. The Balaban J connectivity index is 1.61. The van der Waals surface area contributed by atoms with Gasteiger partial charge in [-0.25, -0.2) is 0 Å². The summed E-state index contributed by atoms with van der Waals surface area (Å²) in [5.41, 5.74) is 2.19. The smallest absolute Gasteiger partial charge is 0.311 e. The molecule has 1 aliphatic rings. The Morgan fingerprint density at radius 2 is 1.97 bits per heavy atom. The Bertz CT molecular complexity index is 943. The molecule has 1 saturated heterocycles. The van der Waals surface area contributed by atoms with Crippen molar-refractivity contribution in [1.82, 2.24) is 0 Å². The highest BCUT2D eigenvalue weighted by Gasteiger charge is 2.37. The molecule has 0 N–H and O–H groups in total. The summed E-state index contributed by atoms with van der Waals surface area (Å²) in [4.78, 5) is 38.8. The second kappa shape index (κ2) is 9.09. The van der Waals surface area contributed by atoms with Crippen LogP contribution in [0.1, 0.15) is 29.3 Å². The second-order valence-electron chi connectivity index (χ2n) is 6.77. The molecule has 1 fully saturated rings. The van der Waals surface area contributed by atoms with E-state index in [9.17, 15) is 14.4 Å². The van der Waals surface area contributed by atoms with Gasteiger partial charge in [-0.15, -0.1) is 0 Å². The third kappa shape index (κ3) is 4.59. The topological polar surface area (TPSA) is 72.9 Å². The van der Waals surface area contributed by atoms with E-state index >= 15 is 0 Å². The van der Waals surface area contributed by atoms with Crippen molar-refractivity contribution >= 4 is 34.9 Å². The maximum atomic E-state index is 12.4. The molecule has 6 nitrogen and oxygen atoms in total. The molecule has 0 saturated carbocycles.